The fraction of sp³-hybridized carbons (Fsp3) is 0.304. The highest BCUT2D eigenvalue weighted by molar-refractivity contribution is 8.14. The van der Waals surface area contributed by atoms with Gasteiger partial charge in [-0.15, -0.1) is 0 Å². The summed E-state index contributed by atoms with van der Waals surface area (Å²) in [5.74, 6) is -0.497. The van der Waals surface area contributed by atoms with Crippen LogP contribution in [-0.4, -0.2) is 51.5 Å². The lowest BCUT2D eigenvalue weighted by Gasteiger charge is -2.34. The van der Waals surface area contributed by atoms with Crippen molar-refractivity contribution in [2.45, 2.75) is 23.4 Å². The number of ether oxygens (including phenoxy) is 1. The zero-order chi connectivity index (χ0) is 24.3. The molecule has 2 aromatic rings. The average Bonchev–Trinajstić information content (AvgIpc) is 2.75. The molecule has 0 radical (unpaired) electrons. The van der Waals surface area contributed by atoms with E-state index < -0.39 is 28.0 Å². The van der Waals surface area contributed by atoms with E-state index in [4.69, 9.17) is 0 Å². The summed E-state index contributed by atoms with van der Waals surface area (Å²) in [5, 5.41) is 2.75. The first kappa shape index (κ1) is 24.7. The van der Waals surface area contributed by atoms with E-state index in [1.54, 1.807) is 12.1 Å². The predicted molar refractivity (Wildman–Crippen MR) is 120 cm³/mol. The maximum absolute atomic E-state index is 12.3. The van der Waals surface area contributed by atoms with Crippen LogP contribution in [0.5, 0.6) is 5.88 Å². The highest BCUT2D eigenvalue weighted by Gasteiger charge is 2.28. The van der Waals surface area contributed by atoms with E-state index in [1.807, 2.05) is 30.4 Å². The number of carbonyl (C=O) groups excluding carboxylic acids is 1. The summed E-state index contributed by atoms with van der Waals surface area (Å²) in [7, 11) is -3.77. The van der Waals surface area contributed by atoms with Crippen molar-refractivity contribution >= 4 is 15.3 Å². The van der Waals surface area contributed by atoms with Crippen molar-refractivity contribution in [2.75, 3.05) is 25.7 Å². The molecule has 1 aliphatic carbocycles. The number of hydrogen-bond donors (Lipinski definition) is 2. The molecule has 1 heterocycles. The summed E-state index contributed by atoms with van der Waals surface area (Å²) in [6.07, 6.45) is 5.98. The third kappa shape index (κ3) is 7.26. The molecule has 0 fully saturated rings. The predicted octanol–water partition coefficient (Wildman–Crippen LogP) is 4.33. The van der Waals surface area contributed by atoms with E-state index in [0.717, 1.165) is 17.3 Å². The van der Waals surface area contributed by atoms with Gasteiger partial charge in [0.05, 0.1) is 10.5 Å². The molecular formula is C23H25F3N2O4S. The largest absolute Gasteiger partial charge is 0.468 e. The Labute approximate surface area is 189 Å². The third-order valence-electron chi connectivity index (χ3n) is 4.99. The van der Waals surface area contributed by atoms with E-state index in [-0.39, 0.29) is 23.9 Å². The van der Waals surface area contributed by atoms with Crippen molar-refractivity contribution in [3.8, 4) is 5.88 Å². The van der Waals surface area contributed by atoms with Gasteiger partial charge in [0.15, 0.2) is 6.61 Å². The Kier molecular flexibility index (Phi) is 6.80. The van der Waals surface area contributed by atoms with Crippen LogP contribution in [0.3, 0.4) is 0 Å². The van der Waals surface area contributed by atoms with Crippen molar-refractivity contribution in [3.63, 3.8) is 0 Å². The standard InChI is InChI=1S/C23H25F3N2O4S/c1-33(2,30,31)20-10-7-18(8-11-20)17-5-3-16(4-6-17)13-28-22(29)19-9-12-21(27-14-19)32-15-23(24,25)26/h3-5,7-12,14,17H,6,13,15H2,1-2H3,(H,28,29)(H,30,31). The molecule has 0 saturated carbocycles. The maximum Gasteiger partial charge on any atom is 0.422 e. The fourth-order valence-corrected chi connectivity index (χ4v) is 4.10. The number of nitrogens with one attached hydrogen (secondary N) is 1. The van der Waals surface area contributed by atoms with Crippen LogP contribution >= 0.6 is 0 Å². The molecule has 1 unspecified atom stereocenters. The van der Waals surface area contributed by atoms with Crippen LogP contribution in [0.1, 0.15) is 28.3 Å². The number of nitrogens with zero attached hydrogens (tertiary/aromatic N) is 1. The van der Waals surface area contributed by atoms with Gasteiger partial charge in [-0.3, -0.25) is 9.35 Å². The average molecular weight is 483 g/mol. The molecule has 3 rings (SSSR count). The summed E-state index contributed by atoms with van der Waals surface area (Å²) in [6.45, 7) is -1.16. The second-order valence-corrected chi connectivity index (χ2v) is 12.3. The highest BCUT2D eigenvalue weighted by Crippen LogP contribution is 2.30. The van der Waals surface area contributed by atoms with Gasteiger partial charge in [-0.2, -0.15) is 22.5 Å². The van der Waals surface area contributed by atoms with E-state index in [0.29, 0.717) is 11.3 Å². The fourth-order valence-electron chi connectivity index (χ4n) is 3.19. The van der Waals surface area contributed by atoms with Gasteiger partial charge in [-0.05, 0) is 35.8 Å². The van der Waals surface area contributed by atoms with Gasteiger partial charge < -0.3 is 10.1 Å². The first-order valence-corrected chi connectivity index (χ1v) is 12.8. The number of aromatic nitrogens is 1. The number of benzene rings is 1. The number of amides is 1. The molecule has 1 aliphatic rings. The number of alkyl halides is 3. The monoisotopic (exact) mass is 482 g/mol. The first-order valence-electron chi connectivity index (χ1n) is 10.0. The lowest BCUT2D eigenvalue weighted by molar-refractivity contribution is -0.154. The first-order chi connectivity index (χ1) is 15.3. The van der Waals surface area contributed by atoms with Gasteiger partial charge in [0, 0.05) is 37.2 Å². The van der Waals surface area contributed by atoms with E-state index in [1.165, 1.54) is 24.6 Å². The molecule has 1 amide bonds. The van der Waals surface area contributed by atoms with Crippen LogP contribution < -0.4 is 10.1 Å². The molecule has 0 saturated heterocycles. The Balaban J connectivity index is 1.51. The lowest BCUT2D eigenvalue weighted by Crippen LogP contribution is -2.28. The quantitative estimate of drug-likeness (QED) is 0.613. The van der Waals surface area contributed by atoms with Crippen LogP contribution in [0.4, 0.5) is 13.2 Å². The Morgan fingerprint density at radius 2 is 1.91 bits per heavy atom. The number of rotatable bonds is 7. The van der Waals surface area contributed by atoms with E-state index >= 15 is 0 Å². The van der Waals surface area contributed by atoms with Crippen LogP contribution in [0.2, 0.25) is 0 Å². The van der Waals surface area contributed by atoms with Crippen molar-refractivity contribution in [1.29, 1.82) is 0 Å². The minimum absolute atomic E-state index is 0.120. The second kappa shape index (κ2) is 9.11. The normalized spacial score (nSPS) is 17.6. The summed E-state index contributed by atoms with van der Waals surface area (Å²) < 4.78 is 63.4. The van der Waals surface area contributed by atoms with Gasteiger partial charge in [-0.25, -0.2) is 9.19 Å². The maximum atomic E-state index is 12.3. The number of halogens is 3. The van der Waals surface area contributed by atoms with Gasteiger partial charge in [-0.1, -0.05) is 30.4 Å². The Morgan fingerprint density at radius 3 is 2.42 bits per heavy atom. The van der Waals surface area contributed by atoms with Gasteiger partial charge >= 0.3 is 6.18 Å². The Bertz CT molecular complexity index is 1120. The van der Waals surface area contributed by atoms with Crippen molar-refractivity contribution in [2.24, 2.45) is 0 Å². The molecule has 0 aliphatic heterocycles. The molecule has 0 bridgehead atoms. The highest BCUT2D eigenvalue weighted by atomic mass is 32.3. The van der Waals surface area contributed by atoms with Crippen LogP contribution in [0, 0.1) is 0 Å². The molecule has 1 aromatic carbocycles. The molecule has 10 heteroatoms. The zero-order valence-corrected chi connectivity index (χ0v) is 18.9. The number of allylic oxidation sites excluding steroid dienone is 2. The molecule has 2 N–H and O–H groups in total. The van der Waals surface area contributed by atoms with E-state index in [2.05, 4.69) is 15.0 Å². The number of pyridine rings is 1. The molecule has 33 heavy (non-hydrogen) atoms. The Hall–Kier alpha value is -2.98. The lowest BCUT2D eigenvalue weighted by atomic mass is 9.90. The SMILES string of the molecule is CS(C)(=O)(O)c1ccc(C2C=CC(CNC(=O)c3ccc(OCC(F)(F)F)nc3)=CC2)cc1. The van der Waals surface area contributed by atoms with Crippen LogP contribution in [-0.2, 0) is 9.35 Å². The van der Waals surface area contributed by atoms with Crippen LogP contribution in [0.15, 0.2) is 71.3 Å². The Morgan fingerprint density at radius 1 is 1.21 bits per heavy atom. The summed E-state index contributed by atoms with van der Waals surface area (Å²) in [5.41, 5.74) is 2.14. The molecule has 6 nitrogen and oxygen atoms in total. The molecule has 0 spiro atoms. The summed E-state index contributed by atoms with van der Waals surface area (Å²) in [4.78, 5) is 16.4. The second-order valence-electron chi connectivity index (χ2n) is 8.29. The number of hydrogen-bond acceptors (Lipinski definition) is 4. The van der Waals surface area contributed by atoms with E-state index in [9.17, 15) is 26.7 Å². The van der Waals surface area contributed by atoms with Crippen LogP contribution in [0.25, 0.3) is 0 Å². The van der Waals surface area contributed by atoms with Gasteiger partial charge in [0.25, 0.3) is 5.91 Å². The smallest absolute Gasteiger partial charge is 0.422 e. The molecule has 1 atom stereocenters. The van der Waals surface area contributed by atoms with Crippen molar-refractivity contribution in [1.82, 2.24) is 10.3 Å². The topological polar surface area (TPSA) is 88.5 Å². The zero-order valence-electron chi connectivity index (χ0n) is 18.1. The molecule has 1 aromatic heterocycles. The van der Waals surface area contributed by atoms with Gasteiger partial charge in [0.2, 0.25) is 5.88 Å². The van der Waals surface area contributed by atoms with Crippen molar-refractivity contribution < 1.29 is 31.5 Å². The number of carbonyl (C=O) groups is 1. The summed E-state index contributed by atoms with van der Waals surface area (Å²) >= 11 is 0. The summed E-state index contributed by atoms with van der Waals surface area (Å²) in [6, 6.07) is 9.59. The molecule has 178 valence electrons. The minimum atomic E-state index is -4.46. The minimum Gasteiger partial charge on any atom is -0.468 e. The van der Waals surface area contributed by atoms with Crippen molar-refractivity contribution in [3.05, 3.63) is 77.5 Å². The third-order valence-corrected chi connectivity index (χ3v) is 6.61. The van der Waals surface area contributed by atoms with Gasteiger partial charge in [0.1, 0.15) is 0 Å². The molecular weight excluding hydrogens is 457 g/mol.